The summed E-state index contributed by atoms with van der Waals surface area (Å²) in [5, 5.41) is 3.98. The number of nitrogens with zero attached hydrogens (tertiary/aromatic N) is 1. The molecule has 78 valence electrons. The number of halogens is 2. The number of primary sulfonamides is 1. The van der Waals surface area contributed by atoms with Crippen molar-refractivity contribution in [2.75, 3.05) is 5.73 Å². The zero-order valence-electron chi connectivity index (χ0n) is 6.81. The van der Waals surface area contributed by atoms with Crippen molar-refractivity contribution in [1.29, 1.82) is 0 Å². The van der Waals surface area contributed by atoms with Gasteiger partial charge in [-0.05, 0) is 6.07 Å². The first-order valence-electron chi connectivity index (χ1n) is 3.39. The summed E-state index contributed by atoms with van der Waals surface area (Å²) >= 11 is 0. The van der Waals surface area contributed by atoms with E-state index in [-0.39, 0.29) is 0 Å². The van der Waals surface area contributed by atoms with E-state index in [1.807, 2.05) is 0 Å². The third-order valence-electron chi connectivity index (χ3n) is 1.49. The topological polar surface area (TPSA) is 99.1 Å². The van der Waals surface area contributed by atoms with Crippen LogP contribution >= 0.6 is 0 Å². The van der Waals surface area contributed by atoms with Crippen molar-refractivity contribution in [2.24, 2.45) is 5.14 Å². The smallest absolute Gasteiger partial charge is 0.265 e. The lowest BCUT2D eigenvalue weighted by Crippen LogP contribution is -2.17. The minimum Gasteiger partial charge on any atom is -0.396 e. The zero-order valence-corrected chi connectivity index (χ0v) is 7.63. The number of pyridine rings is 1. The molecule has 0 aliphatic carbocycles. The Bertz CT molecular complexity index is 446. The SMILES string of the molecule is Nc1c(C(F)F)ccnc1S(N)(=O)=O. The van der Waals surface area contributed by atoms with Crippen molar-refractivity contribution in [3.05, 3.63) is 17.8 Å². The number of aromatic nitrogens is 1. The van der Waals surface area contributed by atoms with Gasteiger partial charge >= 0.3 is 0 Å². The van der Waals surface area contributed by atoms with E-state index in [0.717, 1.165) is 12.3 Å². The van der Waals surface area contributed by atoms with Crippen LogP contribution in [0, 0.1) is 0 Å². The molecule has 14 heavy (non-hydrogen) atoms. The summed E-state index contributed by atoms with van der Waals surface area (Å²) in [4.78, 5) is 3.32. The molecule has 0 aliphatic heterocycles. The average molecular weight is 223 g/mol. The van der Waals surface area contributed by atoms with Gasteiger partial charge in [0.05, 0.1) is 5.69 Å². The summed E-state index contributed by atoms with van der Waals surface area (Å²) in [7, 11) is -4.16. The summed E-state index contributed by atoms with van der Waals surface area (Å²) in [5.74, 6) is 0. The van der Waals surface area contributed by atoms with Gasteiger partial charge in [-0.2, -0.15) is 0 Å². The van der Waals surface area contributed by atoms with E-state index < -0.39 is 32.7 Å². The molecule has 1 heterocycles. The van der Waals surface area contributed by atoms with Crippen LogP contribution in [0.2, 0.25) is 0 Å². The Hall–Kier alpha value is -1.28. The Morgan fingerprint density at radius 3 is 2.43 bits per heavy atom. The van der Waals surface area contributed by atoms with Gasteiger partial charge < -0.3 is 5.73 Å². The molecular formula is C6H7F2N3O2S. The number of nitrogen functional groups attached to an aromatic ring is 1. The van der Waals surface area contributed by atoms with E-state index in [1.165, 1.54) is 0 Å². The van der Waals surface area contributed by atoms with Gasteiger partial charge in [-0.1, -0.05) is 0 Å². The molecule has 0 saturated carbocycles. The van der Waals surface area contributed by atoms with E-state index in [1.54, 1.807) is 0 Å². The summed E-state index contributed by atoms with van der Waals surface area (Å²) in [5.41, 5.74) is 3.97. The number of hydrogen-bond acceptors (Lipinski definition) is 4. The van der Waals surface area contributed by atoms with E-state index in [0.29, 0.717) is 0 Å². The number of rotatable bonds is 2. The van der Waals surface area contributed by atoms with Crippen LogP contribution < -0.4 is 10.9 Å². The third kappa shape index (κ3) is 1.96. The fraction of sp³-hybridized carbons (Fsp3) is 0.167. The van der Waals surface area contributed by atoms with Crippen LogP contribution in [0.4, 0.5) is 14.5 Å². The van der Waals surface area contributed by atoms with Crippen molar-refractivity contribution in [3.8, 4) is 0 Å². The lowest BCUT2D eigenvalue weighted by molar-refractivity contribution is 0.152. The van der Waals surface area contributed by atoms with Crippen LogP contribution in [0.1, 0.15) is 12.0 Å². The predicted octanol–water partition coefficient (Wildman–Crippen LogP) is 0.249. The summed E-state index contributed by atoms with van der Waals surface area (Å²) in [6.45, 7) is 0. The Balaban J connectivity index is 3.43. The molecule has 0 unspecified atom stereocenters. The highest BCUT2D eigenvalue weighted by atomic mass is 32.2. The minimum atomic E-state index is -4.16. The van der Waals surface area contributed by atoms with Crippen LogP contribution in [-0.2, 0) is 10.0 Å². The molecule has 0 spiro atoms. The average Bonchev–Trinajstić information content (AvgIpc) is 2.01. The fourth-order valence-electron chi connectivity index (χ4n) is 0.885. The molecule has 0 aromatic carbocycles. The fourth-order valence-corrected chi connectivity index (χ4v) is 1.52. The molecule has 4 N–H and O–H groups in total. The van der Waals surface area contributed by atoms with Gasteiger partial charge in [-0.25, -0.2) is 27.3 Å². The second-order valence-electron chi connectivity index (χ2n) is 2.46. The van der Waals surface area contributed by atoms with Gasteiger partial charge in [-0.15, -0.1) is 0 Å². The number of anilines is 1. The molecule has 0 aliphatic rings. The van der Waals surface area contributed by atoms with Gasteiger partial charge in [0.25, 0.3) is 16.4 Å². The summed E-state index contributed by atoms with van der Waals surface area (Å²) in [6.07, 6.45) is -1.95. The first kappa shape index (κ1) is 10.8. The Labute approximate surface area is 78.8 Å². The summed E-state index contributed by atoms with van der Waals surface area (Å²) in [6, 6.07) is 0.939. The van der Waals surface area contributed by atoms with E-state index in [2.05, 4.69) is 4.98 Å². The first-order chi connectivity index (χ1) is 6.34. The molecule has 0 radical (unpaired) electrons. The zero-order chi connectivity index (χ0) is 10.9. The Morgan fingerprint density at radius 1 is 1.43 bits per heavy atom. The van der Waals surface area contributed by atoms with Crippen molar-refractivity contribution in [3.63, 3.8) is 0 Å². The highest BCUT2D eigenvalue weighted by Gasteiger charge is 2.20. The molecule has 0 atom stereocenters. The monoisotopic (exact) mass is 223 g/mol. The van der Waals surface area contributed by atoms with E-state index >= 15 is 0 Å². The third-order valence-corrected chi connectivity index (χ3v) is 2.36. The maximum Gasteiger partial charge on any atom is 0.265 e. The predicted molar refractivity (Wildman–Crippen MR) is 45.0 cm³/mol. The summed E-state index contributed by atoms with van der Waals surface area (Å²) < 4.78 is 46.1. The molecule has 1 aromatic heterocycles. The molecule has 1 rings (SSSR count). The second kappa shape index (κ2) is 3.46. The number of sulfonamides is 1. The second-order valence-corrected chi connectivity index (χ2v) is 3.94. The molecule has 5 nitrogen and oxygen atoms in total. The lowest BCUT2D eigenvalue weighted by Gasteiger charge is -2.06. The number of alkyl halides is 2. The van der Waals surface area contributed by atoms with Gasteiger partial charge in [0.1, 0.15) is 0 Å². The number of nitrogens with two attached hydrogens (primary N) is 2. The van der Waals surface area contributed by atoms with Crippen LogP contribution in [0.25, 0.3) is 0 Å². The van der Waals surface area contributed by atoms with Crippen molar-refractivity contribution in [2.45, 2.75) is 11.5 Å². The largest absolute Gasteiger partial charge is 0.396 e. The van der Waals surface area contributed by atoms with Crippen LogP contribution in [-0.4, -0.2) is 13.4 Å². The Kier molecular flexibility index (Phi) is 2.67. The molecular weight excluding hydrogens is 216 g/mol. The van der Waals surface area contributed by atoms with Crippen LogP contribution in [0.5, 0.6) is 0 Å². The molecule has 0 amide bonds. The van der Waals surface area contributed by atoms with Crippen LogP contribution in [0.3, 0.4) is 0 Å². The molecule has 8 heteroatoms. The van der Waals surface area contributed by atoms with Gasteiger partial charge in [0.15, 0.2) is 5.03 Å². The highest BCUT2D eigenvalue weighted by Crippen LogP contribution is 2.27. The maximum atomic E-state index is 12.3. The van der Waals surface area contributed by atoms with Gasteiger partial charge in [0, 0.05) is 11.8 Å². The first-order valence-corrected chi connectivity index (χ1v) is 4.94. The van der Waals surface area contributed by atoms with E-state index in [4.69, 9.17) is 10.9 Å². The van der Waals surface area contributed by atoms with Crippen LogP contribution in [0.15, 0.2) is 17.3 Å². The standard InChI is InChI=1S/C6H7F2N3O2S/c7-5(8)3-1-2-11-6(4(3)9)14(10,12)13/h1-2,5H,9H2,(H2,10,12,13). The van der Waals surface area contributed by atoms with Crippen molar-refractivity contribution < 1.29 is 17.2 Å². The number of hydrogen-bond donors (Lipinski definition) is 2. The quantitative estimate of drug-likeness (QED) is 0.750. The molecule has 1 aromatic rings. The normalized spacial score (nSPS) is 12.0. The van der Waals surface area contributed by atoms with Gasteiger partial charge in [0.2, 0.25) is 0 Å². The van der Waals surface area contributed by atoms with Gasteiger partial charge in [-0.3, -0.25) is 0 Å². The Morgan fingerprint density at radius 2 is 2.00 bits per heavy atom. The van der Waals surface area contributed by atoms with Crippen molar-refractivity contribution >= 4 is 15.7 Å². The minimum absolute atomic E-state index is 0.593. The molecule has 0 saturated heterocycles. The maximum absolute atomic E-state index is 12.3. The van der Waals surface area contributed by atoms with Crippen molar-refractivity contribution in [1.82, 2.24) is 4.98 Å². The lowest BCUT2D eigenvalue weighted by atomic mass is 10.2. The highest BCUT2D eigenvalue weighted by molar-refractivity contribution is 7.89. The molecule has 0 fully saturated rings. The molecule has 0 bridgehead atoms. The van der Waals surface area contributed by atoms with E-state index in [9.17, 15) is 17.2 Å².